The number of hydrogen-bond acceptors (Lipinski definition) is 4. The number of halogens is 1. The second-order valence-corrected chi connectivity index (χ2v) is 6.51. The third-order valence-corrected chi connectivity index (χ3v) is 4.09. The van der Waals surface area contributed by atoms with E-state index in [1.807, 2.05) is 68.4 Å². The van der Waals surface area contributed by atoms with Gasteiger partial charge in [-0.1, -0.05) is 18.2 Å². The molecule has 0 fully saturated rings. The van der Waals surface area contributed by atoms with E-state index in [0.29, 0.717) is 6.61 Å². The molecule has 0 saturated heterocycles. The average molecular weight is 404 g/mol. The van der Waals surface area contributed by atoms with Gasteiger partial charge in [0, 0.05) is 18.6 Å². The number of ether oxygens (including phenoxy) is 1. The molecule has 0 unspecified atom stereocenters. The molecular weight excluding hydrogens is 382 g/mol. The third-order valence-electron chi connectivity index (χ3n) is 3.46. The van der Waals surface area contributed by atoms with Crippen LogP contribution in [0.1, 0.15) is 18.1 Å². The fourth-order valence-electron chi connectivity index (χ4n) is 2.24. The summed E-state index contributed by atoms with van der Waals surface area (Å²) in [6.45, 7) is 2.56. The Morgan fingerprint density at radius 2 is 1.96 bits per heavy atom. The SMILES string of the molecule is CCOc1ccc(CC(=O)N/N=C/c2ccc(N(C)C)c(Br)c2)cc1. The van der Waals surface area contributed by atoms with Crippen molar-refractivity contribution in [1.29, 1.82) is 0 Å². The van der Waals surface area contributed by atoms with Crippen LogP contribution >= 0.6 is 15.9 Å². The van der Waals surface area contributed by atoms with Crippen LogP contribution in [0.4, 0.5) is 5.69 Å². The first-order chi connectivity index (χ1) is 12.0. The van der Waals surface area contributed by atoms with Gasteiger partial charge in [0.05, 0.1) is 24.9 Å². The molecule has 1 N–H and O–H groups in total. The number of carbonyl (C=O) groups is 1. The molecule has 0 atom stereocenters. The first-order valence-corrected chi connectivity index (χ1v) is 8.79. The summed E-state index contributed by atoms with van der Waals surface area (Å²) < 4.78 is 6.36. The normalized spacial score (nSPS) is 10.7. The number of rotatable bonds is 7. The lowest BCUT2D eigenvalue weighted by molar-refractivity contribution is -0.120. The maximum atomic E-state index is 12.0. The van der Waals surface area contributed by atoms with E-state index in [0.717, 1.165) is 27.0 Å². The van der Waals surface area contributed by atoms with E-state index in [2.05, 4.69) is 26.5 Å². The van der Waals surface area contributed by atoms with Gasteiger partial charge < -0.3 is 9.64 Å². The standard InChI is InChI=1S/C19H22BrN3O2/c1-4-25-16-8-5-14(6-9-16)12-19(24)22-21-13-15-7-10-18(23(2)3)17(20)11-15/h5-11,13H,4,12H2,1-3H3,(H,22,24)/b21-13+. The van der Waals surface area contributed by atoms with Gasteiger partial charge in [0.25, 0.3) is 0 Å². The molecule has 2 rings (SSSR count). The lowest BCUT2D eigenvalue weighted by Crippen LogP contribution is -2.19. The maximum absolute atomic E-state index is 12.0. The van der Waals surface area contributed by atoms with Crippen molar-refractivity contribution < 1.29 is 9.53 Å². The molecule has 6 heteroatoms. The van der Waals surface area contributed by atoms with Crippen LogP contribution in [0.15, 0.2) is 52.0 Å². The van der Waals surface area contributed by atoms with Gasteiger partial charge in [-0.05, 0) is 58.2 Å². The van der Waals surface area contributed by atoms with Crippen molar-refractivity contribution in [2.24, 2.45) is 5.10 Å². The lowest BCUT2D eigenvalue weighted by atomic mass is 10.1. The number of hydrazone groups is 1. The maximum Gasteiger partial charge on any atom is 0.244 e. The smallest absolute Gasteiger partial charge is 0.244 e. The first-order valence-electron chi connectivity index (χ1n) is 8.00. The lowest BCUT2D eigenvalue weighted by Gasteiger charge is -2.14. The highest BCUT2D eigenvalue weighted by Crippen LogP contribution is 2.25. The van der Waals surface area contributed by atoms with E-state index in [-0.39, 0.29) is 12.3 Å². The summed E-state index contributed by atoms with van der Waals surface area (Å²) in [5.74, 6) is 0.640. The van der Waals surface area contributed by atoms with E-state index in [9.17, 15) is 4.79 Å². The van der Waals surface area contributed by atoms with Gasteiger partial charge in [-0.25, -0.2) is 5.43 Å². The largest absolute Gasteiger partial charge is 0.494 e. The zero-order valence-corrected chi connectivity index (χ0v) is 16.2. The predicted octanol–water partition coefficient (Wildman–Crippen LogP) is 3.61. The number of nitrogens with one attached hydrogen (secondary N) is 1. The predicted molar refractivity (Wildman–Crippen MR) is 106 cm³/mol. The Bertz CT molecular complexity index is 743. The number of anilines is 1. The molecule has 0 bridgehead atoms. The van der Waals surface area contributed by atoms with Gasteiger partial charge in [0.15, 0.2) is 0 Å². The molecular formula is C19H22BrN3O2. The molecule has 132 valence electrons. The van der Waals surface area contributed by atoms with Crippen LogP contribution < -0.4 is 15.1 Å². The Balaban J connectivity index is 1.88. The molecule has 0 aromatic heterocycles. The van der Waals surface area contributed by atoms with Gasteiger partial charge in [0.2, 0.25) is 5.91 Å². The fraction of sp³-hybridized carbons (Fsp3) is 0.263. The van der Waals surface area contributed by atoms with Gasteiger partial charge >= 0.3 is 0 Å². The van der Waals surface area contributed by atoms with Crippen molar-refractivity contribution in [3.05, 3.63) is 58.1 Å². The molecule has 0 heterocycles. The minimum Gasteiger partial charge on any atom is -0.494 e. The van der Waals surface area contributed by atoms with E-state index in [1.54, 1.807) is 6.21 Å². The Labute approximate surface area is 156 Å². The molecule has 0 radical (unpaired) electrons. The summed E-state index contributed by atoms with van der Waals surface area (Å²) in [5, 5.41) is 4.02. The molecule has 2 aromatic carbocycles. The van der Waals surface area contributed by atoms with Crippen molar-refractivity contribution in [2.75, 3.05) is 25.6 Å². The number of nitrogens with zero attached hydrogens (tertiary/aromatic N) is 2. The quantitative estimate of drug-likeness (QED) is 0.567. The molecule has 25 heavy (non-hydrogen) atoms. The number of amides is 1. The first kappa shape index (κ1) is 19.0. The summed E-state index contributed by atoms with van der Waals surface area (Å²) in [5.41, 5.74) is 5.44. The highest BCUT2D eigenvalue weighted by Gasteiger charge is 2.04. The van der Waals surface area contributed by atoms with Crippen LogP contribution in [0.5, 0.6) is 5.75 Å². The van der Waals surface area contributed by atoms with E-state index < -0.39 is 0 Å². The van der Waals surface area contributed by atoms with Gasteiger partial charge in [-0.2, -0.15) is 5.10 Å². The monoisotopic (exact) mass is 403 g/mol. The van der Waals surface area contributed by atoms with E-state index in [4.69, 9.17) is 4.74 Å². The van der Waals surface area contributed by atoms with Gasteiger partial charge in [0.1, 0.15) is 5.75 Å². The van der Waals surface area contributed by atoms with E-state index in [1.165, 1.54) is 0 Å². The van der Waals surface area contributed by atoms with Gasteiger partial charge in [-0.3, -0.25) is 4.79 Å². The molecule has 0 aliphatic carbocycles. The number of hydrogen-bond donors (Lipinski definition) is 1. The fourth-order valence-corrected chi connectivity index (χ4v) is 2.99. The van der Waals surface area contributed by atoms with E-state index >= 15 is 0 Å². The molecule has 0 aliphatic heterocycles. The third kappa shape index (κ3) is 5.90. The highest BCUT2D eigenvalue weighted by molar-refractivity contribution is 9.10. The Morgan fingerprint density at radius 1 is 1.24 bits per heavy atom. The average Bonchev–Trinajstić information content (AvgIpc) is 2.56. The van der Waals surface area contributed by atoms with Crippen molar-refractivity contribution in [2.45, 2.75) is 13.3 Å². The summed E-state index contributed by atoms with van der Waals surface area (Å²) in [7, 11) is 3.96. The molecule has 0 spiro atoms. The highest BCUT2D eigenvalue weighted by atomic mass is 79.9. The Hall–Kier alpha value is -2.34. The summed E-state index contributed by atoms with van der Waals surface area (Å²) >= 11 is 3.53. The Kier molecular flexibility index (Phi) is 7.01. The molecule has 1 amide bonds. The minimum absolute atomic E-state index is 0.163. The van der Waals surface area contributed by atoms with Crippen LogP contribution in [-0.2, 0) is 11.2 Å². The zero-order chi connectivity index (χ0) is 18.2. The van der Waals surface area contributed by atoms with Crippen molar-refractivity contribution >= 4 is 33.7 Å². The molecule has 5 nitrogen and oxygen atoms in total. The van der Waals surface area contributed by atoms with Crippen molar-refractivity contribution in [1.82, 2.24) is 5.43 Å². The summed E-state index contributed by atoms with van der Waals surface area (Å²) in [6.07, 6.45) is 1.90. The van der Waals surface area contributed by atoms with Crippen LogP contribution in [0.25, 0.3) is 0 Å². The topological polar surface area (TPSA) is 53.9 Å². The van der Waals surface area contributed by atoms with Crippen molar-refractivity contribution in [3.63, 3.8) is 0 Å². The Morgan fingerprint density at radius 3 is 2.56 bits per heavy atom. The van der Waals surface area contributed by atoms with Crippen molar-refractivity contribution in [3.8, 4) is 5.75 Å². The van der Waals surface area contributed by atoms with Crippen LogP contribution in [-0.4, -0.2) is 32.8 Å². The molecule has 0 aliphatic rings. The molecule has 2 aromatic rings. The second-order valence-electron chi connectivity index (χ2n) is 5.65. The minimum atomic E-state index is -0.163. The zero-order valence-electron chi connectivity index (χ0n) is 14.6. The summed E-state index contributed by atoms with van der Waals surface area (Å²) in [4.78, 5) is 14.0. The number of benzene rings is 2. The van der Waals surface area contributed by atoms with Crippen LogP contribution in [0.2, 0.25) is 0 Å². The second kappa shape index (κ2) is 9.22. The molecule has 0 saturated carbocycles. The van der Waals surface area contributed by atoms with Gasteiger partial charge in [-0.15, -0.1) is 0 Å². The van der Waals surface area contributed by atoms with Crippen LogP contribution in [0, 0.1) is 0 Å². The number of carbonyl (C=O) groups excluding carboxylic acids is 1. The summed E-state index contributed by atoms with van der Waals surface area (Å²) in [6, 6.07) is 13.4. The van der Waals surface area contributed by atoms with Crippen LogP contribution in [0.3, 0.4) is 0 Å².